The highest BCUT2D eigenvalue weighted by Crippen LogP contribution is 2.14. The van der Waals surface area contributed by atoms with E-state index in [1.54, 1.807) is 0 Å². The summed E-state index contributed by atoms with van der Waals surface area (Å²) in [6.45, 7) is 6.88. The number of carbonyl (C=O) groups excluding carboxylic acids is 1. The highest BCUT2D eigenvalue weighted by atomic mass is 16.5. The standard InChI is InChI=1S/C29H58O3/c1-3-5-7-8-9-10-11-12-13-14-15-16-17-19-22-25-29(30)32-28-24-21-18-20-23-27-31-26-6-4-2/h3-28H2,1-2H3. The Morgan fingerprint density at radius 1 is 0.438 bits per heavy atom. The van der Waals surface area contributed by atoms with Gasteiger partial charge in [0.1, 0.15) is 0 Å². The highest BCUT2D eigenvalue weighted by Gasteiger charge is 2.02. The first-order valence-electron chi connectivity index (χ1n) is 14.5. The van der Waals surface area contributed by atoms with Gasteiger partial charge >= 0.3 is 5.97 Å². The van der Waals surface area contributed by atoms with Crippen molar-refractivity contribution in [2.24, 2.45) is 0 Å². The summed E-state index contributed by atoms with van der Waals surface area (Å²) in [7, 11) is 0. The van der Waals surface area contributed by atoms with E-state index in [2.05, 4.69) is 13.8 Å². The zero-order valence-corrected chi connectivity index (χ0v) is 22.1. The summed E-state index contributed by atoms with van der Waals surface area (Å²) in [4.78, 5) is 11.8. The van der Waals surface area contributed by atoms with Crippen LogP contribution in [0.15, 0.2) is 0 Å². The summed E-state index contributed by atoms with van der Waals surface area (Å²) in [5.41, 5.74) is 0. The fraction of sp³-hybridized carbons (Fsp3) is 0.966. The molecule has 0 atom stereocenters. The van der Waals surface area contributed by atoms with Crippen molar-refractivity contribution < 1.29 is 14.3 Å². The van der Waals surface area contributed by atoms with Crippen LogP contribution < -0.4 is 0 Å². The SMILES string of the molecule is CCCCCCCCCCCCCCCCCC(=O)OCCCCCCCOCCCC. The molecule has 0 heterocycles. The minimum Gasteiger partial charge on any atom is -0.466 e. The van der Waals surface area contributed by atoms with Crippen LogP contribution >= 0.6 is 0 Å². The zero-order chi connectivity index (χ0) is 23.4. The lowest BCUT2D eigenvalue weighted by Crippen LogP contribution is -2.05. The van der Waals surface area contributed by atoms with E-state index in [9.17, 15) is 4.79 Å². The Morgan fingerprint density at radius 3 is 1.31 bits per heavy atom. The maximum absolute atomic E-state index is 11.8. The van der Waals surface area contributed by atoms with Gasteiger partial charge in [0.2, 0.25) is 0 Å². The van der Waals surface area contributed by atoms with Crippen molar-refractivity contribution in [3.05, 3.63) is 0 Å². The Morgan fingerprint density at radius 2 is 0.812 bits per heavy atom. The number of hydrogen-bond acceptors (Lipinski definition) is 3. The van der Waals surface area contributed by atoms with E-state index in [4.69, 9.17) is 9.47 Å². The van der Waals surface area contributed by atoms with Crippen LogP contribution in [0.4, 0.5) is 0 Å². The van der Waals surface area contributed by atoms with E-state index in [1.807, 2.05) is 0 Å². The van der Waals surface area contributed by atoms with Crippen LogP contribution in [0.5, 0.6) is 0 Å². The molecule has 0 rings (SSSR count). The molecule has 3 nitrogen and oxygen atoms in total. The Kier molecular flexibility index (Phi) is 28.0. The number of esters is 1. The molecule has 192 valence electrons. The predicted molar refractivity (Wildman–Crippen MR) is 139 cm³/mol. The second kappa shape index (κ2) is 28.5. The summed E-state index contributed by atoms with van der Waals surface area (Å²) in [6.07, 6.45) is 29.0. The van der Waals surface area contributed by atoms with E-state index in [0.717, 1.165) is 38.9 Å². The average molecular weight is 455 g/mol. The number of unbranched alkanes of at least 4 members (excludes halogenated alkanes) is 19. The van der Waals surface area contributed by atoms with Gasteiger partial charge < -0.3 is 9.47 Å². The van der Waals surface area contributed by atoms with Crippen LogP contribution in [-0.2, 0) is 14.3 Å². The van der Waals surface area contributed by atoms with Crippen LogP contribution in [-0.4, -0.2) is 25.8 Å². The maximum atomic E-state index is 11.8. The minimum atomic E-state index is 0.00372. The monoisotopic (exact) mass is 454 g/mol. The molecule has 0 unspecified atom stereocenters. The molecular formula is C29H58O3. The third-order valence-electron chi connectivity index (χ3n) is 6.32. The summed E-state index contributed by atoms with van der Waals surface area (Å²) >= 11 is 0. The first-order valence-corrected chi connectivity index (χ1v) is 14.5. The van der Waals surface area contributed by atoms with Crippen molar-refractivity contribution in [1.82, 2.24) is 0 Å². The van der Waals surface area contributed by atoms with Gasteiger partial charge in [0, 0.05) is 19.6 Å². The topological polar surface area (TPSA) is 35.5 Å². The number of carbonyl (C=O) groups is 1. The largest absolute Gasteiger partial charge is 0.466 e. The van der Waals surface area contributed by atoms with Crippen molar-refractivity contribution in [3.8, 4) is 0 Å². The molecule has 0 amide bonds. The molecule has 0 aliphatic carbocycles. The van der Waals surface area contributed by atoms with Gasteiger partial charge in [-0.15, -0.1) is 0 Å². The van der Waals surface area contributed by atoms with Crippen LogP contribution in [0.1, 0.15) is 162 Å². The lowest BCUT2D eigenvalue weighted by atomic mass is 10.0. The van der Waals surface area contributed by atoms with Gasteiger partial charge in [-0.3, -0.25) is 4.79 Å². The maximum Gasteiger partial charge on any atom is 0.305 e. The number of rotatable bonds is 27. The smallest absolute Gasteiger partial charge is 0.305 e. The van der Waals surface area contributed by atoms with Crippen LogP contribution in [0, 0.1) is 0 Å². The molecule has 0 saturated carbocycles. The van der Waals surface area contributed by atoms with Crippen molar-refractivity contribution in [1.29, 1.82) is 0 Å². The van der Waals surface area contributed by atoms with Crippen molar-refractivity contribution in [3.63, 3.8) is 0 Å². The van der Waals surface area contributed by atoms with Crippen LogP contribution in [0.25, 0.3) is 0 Å². The number of hydrogen-bond donors (Lipinski definition) is 0. The predicted octanol–water partition coefficient (Wildman–Crippen LogP) is 9.56. The normalized spacial score (nSPS) is 11.2. The van der Waals surface area contributed by atoms with Gasteiger partial charge in [-0.05, 0) is 25.7 Å². The van der Waals surface area contributed by atoms with E-state index < -0.39 is 0 Å². The molecule has 32 heavy (non-hydrogen) atoms. The Hall–Kier alpha value is -0.570. The number of ether oxygens (including phenoxy) is 2. The summed E-state index contributed by atoms with van der Waals surface area (Å²) in [5, 5.41) is 0. The summed E-state index contributed by atoms with van der Waals surface area (Å²) < 4.78 is 10.9. The quantitative estimate of drug-likeness (QED) is 0.0915. The highest BCUT2D eigenvalue weighted by molar-refractivity contribution is 5.69. The zero-order valence-electron chi connectivity index (χ0n) is 22.1. The lowest BCUT2D eigenvalue weighted by molar-refractivity contribution is -0.143. The lowest BCUT2D eigenvalue weighted by Gasteiger charge is -2.06. The van der Waals surface area contributed by atoms with Gasteiger partial charge in [-0.2, -0.15) is 0 Å². The van der Waals surface area contributed by atoms with Crippen molar-refractivity contribution >= 4 is 5.97 Å². The van der Waals surface area contributed by atoms with E-state index in [-0.39, 0.29) is 5.97 Å². The Balaban J connectivity index is 3.13. The van der Waals surface area contributed by atoms with Crippen LogP contribution in [0.3, 0.4) is 0 Å². The third-order valence-corrected chi connectivity index (χ3v) is 6.32. The summed E-state index contributed by atoms with van der Waals surface area (Å²) in [5.74, 6) is 0.00372. The van der Waals surface area contributed by atoms with Gasteiger partial charge in [-0.1, -0.05) is 129 Å². The first-order chi connectivity index (χ1) is 15.8. The minimum absolute atomic E-state index is 0.00372. The molecule has 0 spiro atoms. The average Bonchev–Trinajstić information content (AvgIpc) is 2.80. The first kappa shape index (κ1) is 31.4. The van der Waals surface area contributed by atoms with E-state index in [1.165, 1.54) is 116 Å². The van der Waals surface area contributed by atoms with Gasteiger partial charge in [0.15, 0.2) is 0 Å². The van der Waals surface area contributed by atoms with Gasteiger partial charge in [0.25, 0.3) is 0 Å². The van der Waals surface area contributed by atoms with E-state index in [0.29, 0.717) is 13.0 Å². The van der Waals surface area contributed by atoms with Gasteiger partial charge in [-0.25, -0.2) is 0 Å². The molecule has 0 aromatic rings. The molecular weight excluding hydrogens is 396 g/mol. The second-order valence-corrected chi connectivity index (χ2v) is 9.65. The molecule has 0 aliphatic rings. The summed E-state index contributed by atoms with van der Waals surface area (Å²) in [6, 6.07) is 0. The molecule has 0 fully saturated rings. The fourth-order valence-corrected chi connectivity index (χ4v) is 4.08. The van der Waals surface area contributed by atoms with Crippen LogP contribution in [0.2, 0.25) is 0 Å². The molecule has 0 aliphatic heterocycles. The molecule has 0 saturated heterocycles. The Bertz CT molecular complexity index is 356. The second-order valence-electron chi connectivity index (χ2n) is 9.65. The molecule has 3 heteroatoms. The van der Waals surface area contributed by atoms with Crippen molar-refractivity contribution in [2.75, 3.05) is 19.8 Å². The van der Waals surface area contributed by atoms with Crippen molar-refractivity contribution in [2.45, 2.75) is 162 Å². The fourth-order valence-electron chi connectivity index (χ4n) is 4.08. The third kappa shape index (κ3) is 27.5. The molecule has 0 aromatic carbocycles. The molecule has 0 aromatic heterocycles. The van der Waals surface area contributed by atoms with Gasteiger partial charge in [0.05, 0.1) is 6.61 Å². The molecule has 0 bridgehead atoms. The van der Waals surface area contributed by atoms with E-state index >= 15 is 0 Å². The Labute approximate surface area is 201 Å². The molecule has 0 radical (unpaired) electrons. The molecule has 0 N–H and O–H groups in total.